The van der Waals surface area contributed by atoms with Crippen LogP contribution in [0.1, 0.15) is 44.9 Å². The predicted molar refractivity (Wildman–Crippen MR) is 52.5 cm³/mol. The van der Waals surface area contributed by atoms with Gasteiger partial charge in [0.05, 0.1) is 11.3 Å². The number of aryl methyl sites for hydroxylation is 1. The van der Waals surface area contributed by atoms with E-state index >= 15 is 0 Å². The van der Waals surface area contributed by atoms with Crippen molar-refractivity contribution in [1.29, 1.82) is 0 Å². The van der Waals surface area contributed by atoms with Gasteiger partial charge in [0.2, 0.25) is 0 Å². The van der Waals surface area contributed by atoms with Gasteiger partial charge in [-0.3, -0.25) is 4.68 Å². The Hall–Kier alpha value is -0.830. The maximum atomic E-state index is 9.88. The zero-order chi connectivity index (χ0) is 10.2. The lowest BCUT2D eigenvalue weighted by Crippen LogP contribution is -2.17. The summed E-state index contributed by atoms with van der Waals surface area (Å²) in [5, 5.41) is 14.2. The van der Waals surface area contributed by atoms with Gasteiger partial charge in [0.15, 0.2) is 0 Å². The second kappa shape index (κ2) is 3.14. The van der Waals surface area contributed by atoms with Crippen molar-refractivity contribution in [2.24, 2.45) is 7.05 Å². The van der Waals surface area contributed by atoms with Crippen LogP contribution in [0.4, 0.5) is 0 Å². The third kappa shape index (κ3) is 2.10. The van der Waals surface area contributed by atoms with Crippen molar-refractivity contribution in [2.75, 3.05) is 0 Å². The van der Waals surface area contributed by atoms with Crippen molar-refractivity contribution in [2.45, 2.75) is 39.2 Å². The molecule has 0 spiro atoms. The molecule has 1 rings (SSSR count). The fraction of sp³-hybridized carbons (Fsp3) is 0.700. The molecule has 1 N–H and O–H groups in total. The average molecular weight is 182 g/mol. The lowest BCUT2D eigenvalue weighted by molar-refractivity contribution is 0.0773. The van der Waals surface area contributed by atoms with Crippen LogP contribution in [0.15, 0.2) is 6.20 Å². The minimum Gasteiger partial charge on any atom is -0.386 e. The minimum atomic E-state index is -0.798. The third-order valence-electron chi connectivity index (χ3n) is 2.06. The molecule has 0 bridgehead atoms. The van der Waals surface area contributed by atoms with Crippen LogP contribution >= 0.6 is 0 Å². The van der Waals surface area contributed by atoms with Gasteiger partial charge < -0.3 is 5.11 Å². The van der Waals surface area contributed by atoms with E-state index in [0.29, 0.717) is 5.92 Å². The second-order valence-electron chi connectivity index (χ2n) is 4.32. The Morgan fingerprint density at radius 1 is 1.46 bits per heavy atom. The SMILES string of the molecule is CC(C)c1nn(C)cc1C(C)(C)O. The summed E-state index contributed by atoms with van der Waals surface area (Å²) >= 11 is 0. The Morgan fingerprint density at radius 2 is 2.00 bits per heavy atom. The summed E-state index contributed by atoms with van der Waals surface area (Å²) in [6, 6.07) is 0. The molecule has 74 valence electrons. The van der Waals surface area contributed by atoms with Gasteiger partial charge in [-0.2, -0.15) is 5.10 Å². The van der Waals surface area contributed by atoms with E-state index < -0.39 is 5.60 Å². The Kier molecular flexibility index (Phi) is 2.48. The van der Waals surface area contributed by atoms with E-state index in [4.69, 9.17) is 0 Å². The first-order valence-electron chi connectivity index (χ1n) is 4.58. The average Bonchev–Trinajstić information content (AvgIpc) is 2.29. The van der Waals surface area contributed by atoms with E-state index in [-0.39, 0.29) is 0 Å². The van der Waals surface area contributed by atoms with Crippen molar-refractivity contribution < 1.29 is 5.11 Å². The fourth-order valence-corrected chi connectivity index (χ4v) is 1.40. The normalized spacial score (nSPS) is 12.5. The van der Waals surface area contributed by atoms with E-state index in [1.807, 2.05) is 13.2 Å². The molecule has 0 radical (unpaired) electrons. The molecule has 1 aromatic heterocycles. The molecule has 3 heteroatoms. The molecule has 0 aliphatic heterocycles. The molecule has 0 saturated carbocycles. The van der Waals surface area contributed by atoms with Gasteiger partial charge >= 0.3 is 0 Å². The summed E-state index contributed by atoms with van der Waals surface area (Å²) in [7, 11) is 1.88. The zero-order valence-corrected chi connectivity index (χ0v) is 9.00. The van der Waals surface area contributed by atoms with Gasteiger partial charge in [-0.05, 0) is 19.8 Å². The van der Waals surface area contributed by atoms with E-state index in [2.05, 4.69) is 18.9 Å². The van der Waals surface area contributed by atoms with Crippen molar-refractivity contribution in [1.82, 2.24) is 9.78 Å². The maximum Gasteiger partial charge on any atom is 0.0873 e. The molecular formula is C10H18N2O. The topological polar surface area (TPSA) is 38.0 Å². The fourth-order valence-electron chi connectivity index (χ4n) is 1.40. The van der Waals surface area contributed by atoms with Crippen LogP contribution in [0.5, 0.6) is 0 Å². The number of nitrogens with zero attached hydrogens (tertiary/aromatic N) is 2. The highest BCUT2D eigenvalue weighted by atomic mass is 16.3. The Morgan fingerprint density at radius 3 is 2.31 bits per heavy atom. The molecule has 3 nitrogen and oxygen atoms in total. The maximum absolute atomic E-state index is 9.88. The highest BCUT2D eigenvalue weighted by molar-refractivity contribution is 5.25. The van der Waals surface area contributed by atoms with Crippen LogP contribution in [-0.2, 0) is 12.6 Å². The monoisotopic (exact) mass is 182 g/mol. The molecule has 0 unspecified atom stereocenters. The van der Waals surface area contributed by atoms with Crippen LogP contribution in [-0.4, -0.2) is 14.9 Å². The Labute approximate surface area is 79.4 Å². The number of aliphatic hydroxyl groups is 1. The minimum absolute atomic E-state index is 0.350. The van der Waals surface area contributed by atoms with E-state index in [9.17, 15) is 5.11 Å². The summed E-state index contributed by atoms with van der Waals surface area (Å²) in [4.78, 5) is 0. The van der Waals surface area contributed by atoms with Gasteiger partial charge in [0, 0.05) is 18.8 Å². The molecule has 1 aromatic rings. The zero-order valence-electron chi connectivity index (χ0n) is 9.00. The first-order valence-corrected chi connectivity index (χ1v) is 4.58. The molecule has 13 heavy (non-hydrogen) atoms. The van der Waals surface area contributed by atoms with Crippen molar-refractivity contribution in [3.8, 4) is 0 Å². The molecule has 0 aromatic carbocycles. The van der Waals surface area contributed by atoms with Crippen LogP contribution in [0.3, 0.4) is 0 Å². The van der Waals surface area contributed by atoms with Gasteiger partial charge in [-0.15, -0.1) is 0 Å². The summed E-state index contributed by atoms with van der Waals surface area (Å²) in [6.45, 7) is 7.74. The second-order valence-corrected chi connectivity index (χ2v) is 4.32. The lowest BCUT2D eigenvalue weighted by atomic mass is 9.94. The summed E-state index contributed by atoms with van der Waals surface area (Å²) in [6.07, 6.45) is 1.88. The quantitative estimate of drug-likeness (QED) is 0.757. The molecule has 0 fully saturated rings. The van der Waals surface area contributed by atoms with Crippen molar-refractivity contribution in [3.05, 3.63) is 17.5 Å². The summed E-state index contributed by atoms with van der Waals surface area (Å²) in [5.41, 5.74) is 1.11. The molecule has 0 aliphatic rings. The van der Waals surface area contributed by atoms with Gasteiger partial charge in [-0.1, -0.05) is 13.8 Å². The summed E-state index contributed by atoms with van der Waals surface area (Å²) < 4.78 is 1.75. The Balaban J connectivity index is 3.20. The van der Waals surface area contributed by atoms with E-state index in [1.165, 1.54) is 0 Å². The van der Waals surface area contributed by atoms with Crippen LogP contribution in [0, 0.1) is 0 Å². The van der Waals surface area contributed by atoms with Gasteiger partial charge in [0.1, 0.15) is 0 Å². The number of rotatable bonds is 2. The molecule has 0 saturated heterocycles. The van der Waals surface area contributed by atoms with E-state index in [0.717, 1.165) is 11.3 Å². The number of hydrogen-bond acceptors (Lipinski definition) is 2. The molecule has 1 heterocycles. The molecule has 0 amide bonds. The smallest absolute Gasteiger partial charge is 0.0873 e. The van der Waals surface area contributed by atoms with E-state index in [1.54, 1.807) is 18.5 Å². The predicted octanol–water partition coefficient (Wildman–Crippen LogP) is 1.77. The van der Waals surface area contributed by atoms with Crippen molar-refractivity contribution in [3.63, 3.8) is 0 Å². The van der Waals surface area contributed by atoms with Gasteiger partial charge in [-0.25, -0.2) is 0 Å². The molecular weight excluding hydrogens is 164 g/mol. The largest absolute Gasteiger partial charge is 0.386 e. The lowest BCUT2D eigenvalue weighted by Gasteiger charge is -2.18. The molecule has 0 aliphatic carbocycles. The highest BCUT2D eigenvalue weighted by Gasteiger charge is 2.24. The standard InChI is InChI=1S/C10H18N2O/c1-7(2)9-8(10(3,4)13)6-12(5)11-9/h6-7,13H,1-5H3. The number of hydrogen-bond donors (Lipinski definition) is 1. The molecule has 0 atom stereocenters. The summed E-state index contributed by atoms with van der Waals surface area (Å²) in [5.74, 6) is 0.350. The first kappa shape index (κ1) is 10.3. The van der Waals surface area contributed by atoms with Crippen LogP contribution in [0.2, 0.25) is 0 Å². The third-order valence-corrected chi connectivity index (χ3v) is 2.06. The van der Waals surface area contributed by atoms with Crippen molar-refractivity contribution >= 4 is 0 Å². The number of aromatic nitrogens is 2. The first-order chi connectivity index (χ1) is 5.82. The van der Waals surface area contributed by atoms with Crippen LogP contribution in [0.25, 0.3) is 0 Å². The van der Waals surface area contributed by atoms with Gasteiger partial charge in [0.25, 0.3) is 0 Å². The highest BCUT2D eigenvalue weighted by Crippen LogP contribution is 2.27. The van der Waals surface area contributed by atoms with Crippen LogP contribution < -0.4 is 0 Å². The Bertz CT molecular complexity index is 294.